The van der Waals surface area contributed by atoms with Crippen LogP contribution in [0.25, 0.3) is 11.5 Å². The maximum atomic E-state index is 13.0. The fraction of sp³-hybridized carbons (Fsp3) is 0.545. The Labute approximate surface area is 178 Å². The van der Waals surface area contributed by atoms with Crippen molar-refractivity contribution >= 4 is 15.9 Å². The van der Waals surface area contributed by atoms with Crippen molar-refractivity contribution in [2.45, 2.75) is 44.4 Å². The Hall–Kier alpha value is -2.37. The van der Waals surface area contributed by atoms with Crippen LogP contribution in [0.1, 0.15) is 45.2 Å². The lowest BCUT2D eigenvalue weighted by Crippen LogP contribution is -2.39. The van der Waals surface area contributed by atoms with Crippen molar-refractivity contribution < 1.29 is 12.8 Å². The molecule has 0 radical (unpaired) electrons. The Morgan fingerprint density at radius 3 is 2.40 bits per heavy atom. The number of aromatic nitrogens is 1. The molecule has 2 aliphatic rings. The first-order chi connectivity index (χ1) is 14.4. The van der Waals surface area contributed by atoms with Crippen molar-refractivity contribution in [3.05, 3.63) is 30.0 Å². The molecule has 3 heterocycles. The van der Waals surface area contributed by atoms with Gasteiger partial charge in [-0.2, -0.15) is 14.6 Å². The van der Waals surface area contributed by atoms with Gasteiger partial charge in [0.2, 0.25) is 27.5 Å². The summed E-state index contributed by atoms with van der Waals surface area (Å²) in [5.74, 6) is 1.90. The molecule has 2 aliphatic heterocycles. The van der Waals surface area contributed by atoms with E-state index in [0.29, 0.717) is 42.3 Å². The van der Waals surface area contributed by atoms with Crippen LogP contribution < -0.4 is 4.90 Å². The van der Waals surface area contributed by atoms with E-state index in [4.69, 9.17) is 4.42 Å². The van der Waals surface area contributed by atoms with Crippen LogP contribution in [0.15, 0.2) is 33.6 Å². The Bertz CT molecular complexity index is 1030. The molecule has 2 fully saturated rings. The summed E-state index contributed by atoms with van der Waals surface area (Å²) in [5.41, 5.74) is 0.938. The Kier molecular flexibility index (Phi) is 5.85. The lowest BCUT2D eigenvalue weighted by atomic mass is 9.99. The van der Waals surface area contributed by atoms with Crippen molar-refractivity contribution in [1.82, 2.24) is 9.29 Å². The monoisotopic (exact) mass is 428 g/mol. The molecule has 4 rings (SSSR count). The van der Waals surface area contributed by atoms with Crippen molar-refractivity contribution in [3.63, 3.8) is 0 Å². The van der Waals surface area contributed by atoms with E-state index in [1.807, 2.05) is 0 Å². The highest BCUT2D eigenvalue weighted by molar-refractivity contribution is 7.89. The number of benzene rings is 1. The second kappa shape index (κ2) is 8.40. The van der Waals surface area contributed by atoms with Crippen molar-refractivity contribution in [1.29, 1.82) is 5.26 Å². The minimum absolute atomic E-state index is 0.276. The zero-order valence-corrected chi connectivity index (χ0v) is 18.4. The molecule has 2 aromatic rings. The van der Waals surface area contributed by atoms with Gasteiger partial charge in [0.25, 0.3) is 0 Å². The molecular formula is C22H28N4O3S. The highest BCUT2D eigenvalue weighted by Crippen LogP contribution is 2.32. The molecule has 0 amide bonds. The quantitative estimate of drug-likeness (QED) is 0.734. The van der Waals surface area contributed by atoms with Gasteiger partial charge in [-0.1, -0.05) is 13.8 Å². The molecule has 2 saturated heterocycles. The van der Waals surface area contributed by atoms with E-state index < -0.39 is 10.0 Å². The molecule has 0 N–H and O–H groups in total. The van der Waals surface area contributed by atoms with Crippen LogP contribution in [0.2, 0.25) is 0 Å². The molecule has 0 saturated carbocycles. The summed E-state index contributed by atoms with van der Waals surface area (Å²) in [4.78, 5) is 6.71. The lowest BCUT2D eigenvalue weighted by Gasteiger charge is -2.30. The van der Waals surface area contributed by atoms with Crippen LogP contribution in [0.4, 0.5) is 5.88 Å². The highest BCUT2D eigenvalue weighted by Gasteiger charge is 2.29. The zero-order valence-electron chi connectivity index (χ0n) is 17.5. The van der Waals surface area contributed by atoms with Gasteiger partial charge in [-0.3, -0.25) is 0 Å². The van der Waals surface area contributed by atoms with E-state index in [2.05, 4.69) is 29.8 Å². The van der Waals surface area contributed by atoms with Gasteiger partial charge in [0.1, 0.15) is 6.07 Å². The van der Waals surface area contributed by atoms with E-state index in [1.165, 1.54) is 0 Å². The summed E-state index contributed by atoms with van der Waals surface area (Å²) in [6.07, 6.45) is 4.07. The van der Waals surface area contributed by atoms with Gasteiger partial charge < -0.3 is 9.32 Å². The summed E-state index contributed by atoms with van der Waals surface area (Å²) in [5, 5.41) is 9.49. The second-order valence-electron chi connectivity index (χ2n) is 8.59. The third-order valence-electron chi connectivity index (χ3n) is 6.14. The molecule has 0 unspecified atom stereocenters. The average Bonchev–Trinajstić information content (AvgIpc) is 3.19. The molecule has 160 valence electrons. The van der Waals surface area contributed by atoms with Crippen LogP contribution in [0.5, 0.6) is 0 Å². The van der Waals surface area contributed by atoms with Gasteiger partial charge in [0.05, 0.1) is 4.90 Å². The molecule has 1 aromatic heterocycles. The normalized spacial score (nSPS) is 21.5. The summed E-state index contributed by atoms with van der Waals surface area (Å²) in [7, 11) is -3.50. The lowest BCUT2D eigenvalue weighted by molar-refractivity contribution is 0.281. The minimum Gasteiger partial charge on any atom is -0.419 e. The van der Waals surface area contributed by atoms with Gasteiger partial charge in [-0.25, -0.2) is 8.42 Å². The maximum absolute atomic E-state index is 13.0. The van der Waals surface area contributed by atoms with Gasteiger partial charge >= 0.3 is 0 Å². The Balaban J connectivity index is 1.56. The topological polar surface area (TPSA) is 90.4 Å². The van der Waals surface area contributed by atoms with Gasteiger partial charge in [0.15, 0.2) is 0 Å². The van der Waals surface area contributed by atoms with E-state index in [0.717, 1.165) is 38.8 Å². The van der Waals surface area contributed by atoms with Crippen LogP contribution in [-0.4, -0.2) is 43.9 Å². The first-order valence-corrected chi connectivity index (χ1v) is 12.1. The molecule has 1 atom stereocenters. The number of piperidine rings is 2. The van der Waals surface area contributed by atoms with Crippen molar-refractivity contribution in [2.24, 2.45) is 11.8 Å². The van der Waals surface area contributed by atoms with Crippen LogP contribution in [0.3, 0.4) is 0 Å². The molecule has 0 bridgehead atoms. The standard InChI is InChI=1S/C22H28N4O3S/c1-16-9-12-25(13-10-16)22-20(14-23)24-21(29-22)18-5-7-19(8-6-18)30(27,28)26-11-3-4-17(2)15-26/h5-8,16-17H,3-4,9-13,15H2,1-2H3/t17-/m0/s1. The number of nitrogens with zero attached hydrogens (tertiary/aromatic N) is 4. The molecule has 0 spiro atoms. The van der Waals surface area contributed by atoms with Gasteiger partial charge in [-0.15, -0.1) is 0 Å². The van der Waals surface area contributed by atoms with Crippen molar-refractivity contribution in [3.8, 4) is 17.5 Å². The first kappa shape index (κ1) is 20.9. The number of rotatable bonds is 4. The largest absolute Gasteiger partial charge is 0.419 e. The number of hydrogen-bond donors (Lipinski definition) is 0. The smallest absolute Gasteiger partial charge is 0.243 e. The zero-order chi connectivity index (χ0) is 21.3. The molecule has 30 heavy (non-hydrogen) atoms. The van der Waals surface area contributed by atoms with E-state index in [9.17, 15) is 13.7 Å². The van der Waals surface area contributed by atoms with Gasteiger partial charge in [-0.05, 0) is 61.8 Å². The Morgan fingerprint density at radius 2 is 1.77 bits per heavy atom. The number of sulfonamides is 1. The minimum atomic E-state index is -3.50. The summed E-state index contributed by atoms with van der Waals surface area (Å²) >= 11 is 0. The molecule has 1 aromatic carbocycles. The molecule has 7 nitrogen and oxygen atoms in total. The number of anilines is 1. The fourth-order valence-corrected chi connectivity index (χ4v) is 5.82. The predicted octanol–water partition coefficient (Wildman–Crippen LogP) is 3.87. The second-order valence-corrected chi connectivity index (χ2v) is 10.5. The van der Waals surface area contributed by atoms with Crippen LogP contribution in [-0.2, 0) is 10.0 Å². The van der Waals surface area contributed by atoms with E-state index >= 15 is 0 Å². The predicted molar refractivity (Wildman–Crippen MR) is 114 cm³/mol. The molecule has 0 aliphatic carbocycles. The summed E-state index contributed by atoms with van der Waals surface area (Å²) in [6, 6.07) is 8.73. The van der Waals surface area contributed by atoms with E-state index in [1.54, 1.807) is 28.6 Å². The number of hydrogen-bond acceptors (Lipinski definition) is 6. The van der Waals surface area contributed by atoms with Crippen LogP contribution in [0, 0.1) is 23.2 Å². The summed E-state index contributed by atoms with van der Waals surface area (Å²) < 4.78 is 33.4. The van der Waals surface area contributed by atoms with Gasteiger partial charge in [0, 0.05) is 31.7 Å². The maximum Gasteiger partial charge on any atom is 0.243 e. The number of nitriles is 1. The third kappa shape index (κ3) is 4.09. The molecular weight excluding hydrogens is 400 g/mol. The van der Waals surface area contributed by atoms with Crippen LogP contribution >= 0.6 is 0 Å². The highest BCUT2D eigenvalue weighted by atomic mass is 32.2. The summed E-state index contributed by atoms with van der Waals surface area (Å²) in [6.45, 7) is 7.13. The first-order valence-electron chi connectivity index (χ1n) is 10.6. The number of oxazole rings is 1. The SMILES string of the molecule is CC1CCN(c2oc(-c3ccc(S(=O)(=O)N4CCC[C@H](C)C4)cc3)nc2C#N)CC1. The van der Waals surface area contributed by atoms with Crippen molar-refractivity contribution in [2.75, 3.05) is 31.1 Å². The Morgan fingerprint density at radius 1 is 1.07 bits per heavy atom. The van der Waals surface area contributed by atoms with E-state index in [-0.39, 0.29) is 10.6 Å². The fourth-order valence-electron chi connectivity index (χ4n) is 4.22. The third-order valence-corrected chi connectivity index (χ3v) is 8.02. The average molecular weight is 429 g/mol. The molecule has 8 heteroatoms.